The predicted octanol–water partition coefficient (Wildman–Crippen LogP) is 2.67. The summed E-state index contributed by atoms with van der Waals surface area (Å²) in [4.78, 5) is 17.4. The molecule has 0 unspecified atom stereocenters. The van der Waals surface area contributed by atoms with Gasteiger partial charge in [-0.3, -0.25) is 14.2 Å². The number of carbonyl (C=O) groups is 1. The number of thiazole rings is 1. The molecule has 1 saturated heterocycles. The van der Waals surface area contributed by atoms with E-state index in [0.717, 1.165) is 5.56 Å². The molecule has 0 bridgehead atoms. The molecule has 3 aromatic heterocycles. The van der Waals surface area contributed by atoms with Crippen LogP contribution in [0.1, 0.15) is 55.0 Å². The monoisotopic (exact) mass is 462 g/mol. The number of nitrogens with zero attached hydrogens (tertiary/aromatic N) is 5. The average Bonchev–Trinajstić information content (AvgIpc) is 3.44. The maximum absolute atomic E-state index is 13.9. The van der Waals surface area contributed by atoms with Gasteiger partial charge in [0, 0.05) is 30.9 Å². The fourth-order valence-electron chi connectivity index (χ4n) is 3.61. The van der Waals surface area contributed by atoms with E-state index in [9.17, 15) is 9.18 Å². The molecule has 10 nitrogen and oxygen atoms in total. The van der Waals surface area contributed by atoms with Crippen molar-refractivity contribution in [2.24, 2.45) is 12.8 Å². The number of hydrogen-bond acceptors (Lipinski definition) is 8. The zero-order valence-electron chi connectivity index (χ0n) is 18.2. The largest absolute Gasteiger partial charge is 0.389 e. The first-order valence-electron chi connectivity index (χ1n) is 10.4. The molecule has 0 spiro atoms. The Bertz CT molecular complexity index is 1100. The third-order valence-corrected chi connectivity index (χ3v) is 6.40. The SMILES string of the molecule is CC(C)n1cc(-c2nc(C(=O)Nc3cnn(C)c3[C@@H]3CC[C@@H](N)[C@@H](F)CO3)c(N)s2)cn1. The molecule has 0 saturated carbocycles. The molecule has 0 radical (unpaired) electrons. The van der Waals surface area contributed by atoms with E-state index in [0.29, 0.717) is 34.2 Å². The van der Waals surface area contributed by atoms with Crippen LogP contribution in [0.25, 0.3) is 10.6 Å². The molecule has 0 aliphatic carbocycles. The van der Waals surface area contributed by atoms with Gasteiger partial charge in [-0.2, -0.15) is 10.2 Å². The van der Waals surface area contributed by atoms with Gasteiger partial charge in [0.1, 0.15) is 22.3 Å². The Balaban J connectivity index is 1.54. The van der Waals surface area contributed by atoms with Gasteiger partial charge in [0.05, 0.1) is 30.4 Å². The number of carbonyl (C=O) groups excluding carboxylic acids is 1. The standard InChI is InChI=1S/C20H27FN8O2S/c1-10(2)29-8-11(6-25-29)20-27-16(18(23)32-20)19(30)26-14-7-24-28(3)17(14)15-5-4-13(22)12(21)9-31-15/h6-8,10,12-13,15H,4-5,9,22-23H2,1-3H3,(H,26,30)/t12-,13+,15-/m0/s1. The second-order valence-corrected chi connectivity index (χ2v) is 9.17. The lowest BCUT2D eigenvalue weighted by molar-refractivity contribution is 0.0247. The minimum absolute atomic E-state index is 0.100. The van der Waals surface area contributed by atoms with Crippen molar-refractivity contribution < 1.29 is 13.9 Å². The van der Waals surface area contributed by atoms with E-state index in [1.54, 1.807) is 17.9 Å². The summed E-state index contributed by atoms with van der Waals surface area (Å²) in [7, 11) is 1.74. The first-order chi connectivity index (χ1) is 15.2. The Kier molecular flexibility index (Phi) is 6.26. The molecule has 3 aromatic rings. The van der Waals surface area contributed by atoms with Gasteiger partial charge in [-0.1, -0.05) is 11.3 Å². The Morgan fingerprint density at radius 3 is 2.84 bits per heavy atom. The fraction of sp³-hybridized carbons (Fsp3) is 0.500. The van der Waals surface area contributed by atoms with Crippen LogP contribution >= 0.6 is 11.3 Å². The molecule has 1 aliphatic rings. The molecule has 32 heavy (non-hydrogen) atoms. The lowest BCUT2D eigenvalue weighted by Gasteiger charge is -2.17. The third-order valence-electron chi connectivity index (χ3n) is 5.47. The number of aromatic nitrogens is 5. The number of hydrogen-bond donors (Lipinski definition) is 3. The number of nitrogen functional groups attached to an aromatic ring is 1. The van der Waals surface area contributed by atoms with E-state index < -0.39 is 24.2 Å². The molecule has 0 aromatic carbocycles. The van der Waals surface area contributed by atoms with Crippen LogP contribution in [0.5, 0.6) is 0 Å². The van der Waals surface area contributed by atoms with Crippen molar-refractivity contribution in [3.05, 3.63) is 30.0 Å². The number of nitrogens with two attached hydrogens (primary N) is 2. The van der Waals surface area contributed by atoms with Crippen LogP contribution in [0.2, 0.25) is 0 Å². The number of anilines is 2. The Hall–Kier alpha value is -2.83. The van der Waals surface area contributed by atoms with Gasteiger partial charge in [-0.25, -0.2) is 9.37 Å². The second-order valence-electron chi connectivity index (χ2n) is 8.14. The smallest absolute Gasteiger partial charge is 0.277 e. The third kappa shape index (κ3) is 4.38. The van der Waals surface area contributed by atoms with Crippen molar-refractivity contribution in [2.45, 2.75) is 51.0 Å². The van der Waals surface area contributed by atoms with Gasteiger partial charge in [0.15, 0.2) is 5.69 Å². The molecule has 1 amide bonds. The molecule has 5 N–H and O–H groups in total. The minimum atomic E-state index is -1.22. The number of rotatable bonds is 5. The second kappa shape index (κ2) is 8.96. The highest BCUT2D eigenvalue weighted by Gasteiger charge is 2.30. The number of alkyl halides is 1. The first kappa shape index (κ1) is 22.4. The quantitative estimate of drug-likeness (QED) is 0.530. The molecule has 4 rings (SSSR count). The summed E-state index contributed by atoms with van der Waals surface area (Å²) < 4.78 is 23.1. The normalized spacial score (nSPS) is 21.6. The van der Waals surface area contributed by atoms with Crippen molar-refractivity contribution in [3.63, 3.8) is 0 Å². The van der Waals surface area contributed by atoms with E-state index in [2.05, 4.69) is 20.5 Å². The van der Waals surface area contributed by atoms with Crippen molar-refractivity contribution >= 4 is 27.9 Å². The minimum Gasteiger partial charge on any atom is -0.389 e. The number of nitrogens with one attached hydrogen (secondary N) is 1. The molecular weight excluding hydrogens is 435 g/mol. The van der Waals surface area contributed by atoms with Gasteiger partial charge in [-0.05, 0) is 26.7 Å². The lowest BCUT2D eigenvalue weighted by atomic mass is 10.0. The Morgan fingerprint density at radius 1 is 1.34 bits per heavy atom. The van der Waals surface area contributed by atoms with Crippen LogP contribution in [0.15, 0.2) is 18.6 Å². The van der Waals surface area contributed by atoms with Crippen LogP contribution in [0, 0.1) is 0 Å². The van der Waals surface area contributed by atoms with Crippen LogP contribution in [-0.2, 0) is 11.8 Å². The summed E-state index contributed by atoms with van der Waals surface area (Å²) in [6.07, 6.45) is 4.43. The zero-order chi connectivity index (χ0) is 23.0. The maximum atomic E-state index is 13.9. The summed E-state index contributed by atoms with van der Waals surface area (Å²) in [5.41, 5.74) is 14.0. The van der Waals surface area contributed by atoms with Gasteiger partial charge in [0.25, 0.3) is 5.91 Å². The summed E-state index contributed by atoms with van der Waals surface area (Å²) in [5, 5.41) is 12.3. The number of aryl methyl sites for hydroxylation is 1. The Morgan fingerprint density at radius 2 is 2.12 bits per heavy atom. The molecule has 172 valence electrons. The van der Waals surface area contributed by atoms with E-state index in [-0.39, 0.29) is 18.3 Å². The van der Waals surface area contributed by atoms with Crippen molar-refractivity contribution in [1.82, 2.24) is 24.5 Å². The van der Waals surface area contributed by atoms with Crippen LogP contribution in [-0.4, -0.2) is 49.3 Å². The van der Waals surface area contributed by atoms with Gasteiger partial charge >= 0.3 is 0 Å². The number of amides is 1. The fourth-order valence-corrected chi connectivity index (χ4v) is 4.41. The summed E-state index contributed by atoms with van der Waals surface area (Å²) in [6.45, 7) is 3.95. The molecular formula is C20H27FN8O2S. The zero-order valence-corrected chi connectivity index (χ0v) is 19.0. The van der Waals surface area contributed by atoms with Gasteiger partial charge in [-0.15, -0.1) is 0 Å². The van der Waals surface area contributed by atoms with E-state index >= 15 is 0 Å². The molecule has 3 atom stereocenters. The lowest BCUT2D eigenvalue weighted by Crippen LogP contribution is -2.32. The summed E-state index contributed by atoms with van der Waals surface area (Å²) >= 11 is 1.22. The first-order valence-corrected chi connectivity index (χ1v) is 11.2. The van der Waals surface area contributed by atoms with Crippen molar-refractivity contribution in [2.75, 3.05) is 17.7 Å². The molecule has 1 aliphatic heterocycles. The highest BCUT2D eigenvalue weighted by atomic mass is 32.1. The van der Waals surface area contributed by atoms with Gasteiger partial charge < -0.3 is 21.5 Å². The van der Waals surface area contributed by atoms with E-state index in [1.165, 1.54) is 17.5 Å². The maximum Gasteiger partial charge on any atom is 0.277 e. The topological polar surface area (TPSA) is 139 Å². The molecule has 1 fully saturated rings. The van der Waals surface area contributed by atoms with E-state index in [4.69, 9.17) is 16.2 Å². The predicted molar refractivity (Wildman–Crippen MR) is 120 cm³/mol. The highest BCUT2D eigenvalue weighted by molar-refractivity contribution is 7.19. The van der Waals surface area contributed by atoms with Crippen molar-refractivity contribution in [3.8, 4) is 10.6 Å². The summed E-state index contributed by atoms with van der Waals surface area (Å²) in [5.74, 6) is -0.454. The highest BCUT2D eigenvalue weighted by Crippen LogP contribution is 2.34. The van der Waals surface area contributed by atoms with E-state index in [1.807, 2.05) is 24.7 Å². The number of halogens is 1. The molecule has 4 heterocycles. The van der Waals surface area contributed by atoms with Crippen LogP contribution in [0.3, 0.4) is 0 Å². The van der Waals surface area contributed by atoms with Crippen molar-refractivity contribution in [1.29, 1.82) is 0 Å². The van der Waals surface area contributed by atoms with Gasteiger partial charge in [0.2, 0.25) is 0 Å². The van der Waals surface area contributed by atoms with Crippen LogP contribution < -0.4 is 16.8 Å². The van der Waals surface area contributed by atoms with Crippen LogP contribution in [0.4, 0.5) is 15.1 Å². The average molecular weight is 463 g/mol. The summed E-state index contributed by atoms with van der Waals surface area (Å²) in [6, 6.07) is -0.360. The Labute approximate surface area is 188 Å². The number of ether oxygens (including phenoxy) is 1. The molecule has 12 heteroatoms.